The number of nitrogens with one attached hydrogen (secondary N) is 2. The van der Waals surface area contributed by atoms with Crippen LogP contribution >= 0.6 is 0 Å². The summed E-state index contributed by atoms with van der Waals surface area (Å²) in [6.45, 7) is 1.81. The molecule has 8 heteroatoms. The first kappa shape index (κ1) is 15.2. The molecule has 0 atom stereocenters. The molecule has 0 saturated carbocycles. The van der Waals surface area contributed by atoms with Crippen molar-refractivity contribution < 1.29 is 13.3 Å². The second-order valence-corrected chi connectivity index (χ2v) is 6.41. The van der Waals surface area contributed by atoms with Crippen LogP contribution in [0.25, 0.3) is 0 Å². The van der Waals surface area contributed by atoms with Gasteiger partial charge in [0.1, 0.15) is 0 Å². The Balaban J connectivity index is 2.78. The molecule has 1 aromatic rings. The van der Waals surface area contributed by atoms with E-state index in [1.54, 1.807) is 20.0 Å². The first-order valence-electron chi connectivity index (χ1n) is 5.79. The molecule has 0 aromatic heterocycles. The third-order valence-corrected chi connectivity index (χ3v) is 4.31. The topological polar surface area (TPSA) is 101 Å². The highest BCUT2D eigenvalue weighted by Crippen LogP contribution is 2.23. The lowest BCUT2D eigenvalue weighted by molar-refractivity contribution is -0.384. The molecule has 0 radical (unpaired) electrons. The van der Waals surface area contributed by atoms with Gasteiger partial charge in [-0.3, -0.25) is 10.1 Å². The summed E-state index contributed by atoms with van der Waals surface area (Å²) in [6.07, 6.45) is 0. The van der Waals surface area contributed by atoms with Crippen LogP contribution in [0.4, 0.5) is 17.1 Å². The SMILES string of the molecule is CCS(=O)(=O)CCNc1cc(NC)cc([N+](=O)[O-])c1. The summed E-state index contributed by atoms with van der Waals surface area (Å²) in [7, 11) is -1.39. The van der Waals surface area contributed by atoms with Crippen molar-refractivity contribution in [2.75, 3.05) is 35.7 Å². The minimum Gasteiger partial charge on any atom is -0.388 e. The predicted octanol–water partition coefficient (Wildman–Crippen LogP) is 1.48. The van der Waals surface area contributed by atoms with Crippen LogP contribution in [0, 0.1) is 10.1 Å². The lowest BCUT2D eigenvalue weighted by atomic mass is 10.2. The molecule has 19 heavy (non-hydrogen) atoms. The van der Waals surface area contributed by atoms with E-state index >= 15 is 0 Å². The number of benzene rings is 1. The molecule has 7 nitrogen and oxygen atoms in total. The van der Waals surface area contributed by atoms with Gasteiger partial charge in [-0.1, -0.05) is 6.92 Å². The maximum absolute atomic E-state index is 11.3. The van der Waals surface area contributed by atoms with Gasteiger partial charge in [-0.15, -0.1) is 0 Å². The summed E-state index contributed by atoms with van der Waals surface area (Å²) in [4.78, 5) is 10.3. The van der Waals surface area contributed by atoms with E-state index in [0.717, 1.165) is 0 Å². The van der Waals surface area contributed by atoms with Gasteiger partial charge in [-0.25, -0.2) is 8.42 Å². The van der Waals surface area contributed by atoms with Gasteiger partial charge in [0.05, 0.1) is 10.7 Å². The molecule has 0 saturated heterocycles. The summed E-state index contributed by atoms with van der Waals surface area (Å²) in [5.74, 6) is 0.0897. The molecule has 0 heterocycles. The average Bonchev–Trinajstić information content (AvgIpc) is 2.38. The molecule has 0 aliphatic rings. The van der Waals surface area contributed by atoms with E-state index in [1.807, 2.05) is 0 Å². The molecule has 1 aromatic carbocycles. The van der Waals surface area contributed by atoms with Crippen LogP contribution in [0.15, 0.2) is 18.2 Å². The van der Waals surface area contributed by atoms with E-state index in [-0.39, 0.29) is 23.7 Å². The first-order valence-corrected chi connectivity index (χ1v) is 7.61. The normalized spacial score (nSPS) is 11.1. The summed E-state index contributed by atoms with van der Waals surface area (Å²) in [5, 5.41) is 16.5. The van der Waals surface area contributed by atoms with Crippen LogP contribution in [0.5, 0.6) is 0 Å². The monoisotopic (exact) mass is 287 g/mol. The number of nitro groups is 1. The molecule has 0 spiro atoms. The Morgan fingerprint density at radius 3 is 2.42 bits per heavy atom. The predicted molar refractivity (Wildman–Crippen MR) is 75.5 cm³/mol. The second-order valence-electron chi connectivity index (χ2n) is 3.94. The van der Waals surface area contributed by atoms with Crippen molar-refractivity contribution in [3.05, 3.63) is 28.3 Å². The van der Waals surface area contributed by atoms with Gasteiger partial charge in [0.15, 0.2) is 9.84 Å². The van der Waals surface area contributed by atoms with Crippen LogP contribution in [0.3, 0.4) is 0 Å². The van der Waals surface area contributed by atoms with Crippen molar-refractivity contribution in [3.8, 4) is 0 Å². The van der Waals surface area contributed by atoms with Crippen LogP contribution in [0.2, 0.25) is 0 Å². The molecule has 0 bridgehead atoms. The molecular weight excluding hydrogens is 270 g/mol. The van der Waals surface area contributed by atoms with E-state index in [4.69, 9.17) is 0 Å². The van der Waals surface area contributed by atoms with Crippen LogP contribution in [0.1, 0.15) is 6.92 Å². The molecule has 0 fully saturated rings. The molecule has 106 valence electrons. The Bertz CT molecular complexity index is 557. The molecule has 0 aliphatic heterocycles. The minimum atomic E-state index is -3.04. The summed E-state index contributed by atoms with van der Waals surface area (Å²) < 4.78 is 22.7. The van der Waals surface area contributed by atoms with Crippen molar-refractivity contribution in [2.24, 2.45) is 0 Å². The van der Waals surface area contributed by atoms with Gasteiger partial charge < -0.3 is 10.6 Å². The minimum absolute atomic E-state index is 0.00107. The van der Waals surface area contributed by atoms with Crippen LogP contribution in [-0.4, -0.2) is 38.4 Å². The zero-order chi connectivity index (χ0) is 14.5. The van der Waals surface area contributed by atoms with Crippen molar-refractivity contribution in [3.63, 3.8) is 0 Å². The molecule has 2 N–H and O–H groups in total. The third kappa shape index (κ3) is 4.74. The first-order chi connectivity index (χ1) is 8.88. The Labute approximate surface area is 112 Å². The molecule has 1 rings (SSSR count). The Kier molecular flexibility index (Phi) is 5.11. The number of nitro benzene ring substituents is 1. The van der Waals surface area contributed by atoms with Crippen molar-refractivity contribution >= 4 is 26.9 Å². The lowest BCUT2D eigenvalue weighted by Gasteiger charge is -2.08. The van der Waals surface area contributed by atoms with E-state index in [9.17, 15) is 18.5 Å². The Hall–Kier alpha value is -1.83. The van der Waals surface area contributed by atoms with Gasteiger partial charge >= 0.3 is 0 Å². The quantitative estimate of drug-likeness (QED) is 0.582. The van der Waals surface area contributed by atoms with Gasteiger partial charge in [-0.2, -0.15) is 0 Å². The molecule has 0 unspecified atom stereocenters. The van der Waals surface area contributed by atoms with Crippen molar-refractivity contribution in [1.29, 1.82) is 0 Å². The van der Waals surface area contributed by atoms with Crippen LogP contribution in [-0.2, 0) is 9.84 Å². The number of hydrogen-bond donors (Lipinski definition) is 2. The fourth-order valence-electron chi connectivity index (χ4n) is 1.46. The number of nitrogens with zero attached hydrogens (tertiary/aromatic N) is 1. The number of non-ortho nitro benzene ring substituents is 1. The highest BCUT2D eigenvalue weighted by atomic mass is 32.2. The Morgan fingerprint density at radius 1 is 1.26 bits per heavy atom. The zero-order valence-electron chi connectivity index (χ0n) is 10.8. The van der Waals surface area contributed by atoms with Crippen molar-refractivity contribution in [2.45, 2.75) is 6.92 Å². The highest BCUT2D eigenvalue weighted by molar-refractivity contribution is 7.91. The second kappa shape index (κ2) is 6.37. The fraction of sp³-hybridized carbons (Fsp3) is 0.455. The highest BCUT2D eigenvalue weighted by Gasteiger charge is 2.10. The number of sulfone groups is 1. The zero-order valence-corrected chi connectivity index (χ0v) is 11.7. The van der Waals surface area contributed by atoms with Gasteiger partial charge in [0.2, 0.25) is 0 Å². The van der Waals surface area contributed by atoms with Crippen LogP contribution < -0.4 is 10.6 Å². The summed E-state index contributed by atoms with van der Waals surface area (Å²) in [6, 6.07) is 4.47. The maximum Gasteiger partial charge on any atom is 0.273 e. The number of hydrogen-bond acceptors (Lipinski definition) is 6. The van der Waals surface area contributed by atoms with Gasteiger partial charge in [-0.05, 0) is 6.07 Å². The van der Waals surface area contributed by atoms with Gasteiger partial charge in [0.25, 0.3) is 5.69 Å². The van der Waals surface area contributed by atoms with E-state index in [2.05, 4.69) is 10.6 Å². The maximum atomic E-state index is 11.3. The average molecular weight is 287 g/mol. The Morgan fingerprint density at radius 2 is 1.89 bits per heavy atom. The van der Waals surface area contributed by atoms with E-state index in [1.165, 1.54) is 12.1 Å². The standard InChI is InChI=1S/C11H17N3O4S/c1-3-19(17,18)5-4-13-10-6-9(12-2)7-11(8-10)14(15)16/h6-8,12-13H,3-5H2,1-2H3. The van der Waals surface area contributed by atoms with Crippen molar-refractivity contribution in [1.82, 2.24) is 0 Å². The summed E-state index contributed by atoms with van der Waals surface area (Å²) >= 11 is 0. The number of anilines is 2. The van der Waals surface area contributed by atoms with E-state index < -0.39 is 14.8 Å². The summed E-state index contributed by atoms with van der Waals surface area (Å²) in [5.41, 5.74) is 1.06. The molecule has 0 amide bonds. The third-order valence-electron chi connectivity index (χ3n) is 2.60. The largest absolute Gasteiger partial charge is 0.388 e. The fourth-order valence-corrected chi connectivity index (χ4v) is 2.16. The lowest BCUT2D eigenvalue weighted by Crippen LogP contribution is -2.17. The van der Waals surface area contributed by atoms with Gasteiger partial charge in [0, 0.05) is 42.9 Å². The molecular formula is C11H17N3O4S. The van der Waals surface area contributed by atoms with E-state index in [0.29, 0.717) is 11.4 Å². The number of rotatable bonds is 7. The molecule has 0 aliphatic carbocycles. The smallest absolute Gasteiger partial charge is 0.273 e.